The first-order valence-corrected chi connectivity index (χ1v) is 5.69. The van der Waals surface area contributed by atoms with Gasteiger partial charge in [-0.1, -0.05) is 6.42 Å². The number of nitrogens with two attached hydrogens (primary N) is 1. The molecule has 4 heteroatoms. The zero-order valence-corrected chi connectivity index (χ0v) is 9.82. The van der Waals surface area contributed by atoms with Gasteiger partial charge in [-0.2, -0.15) is 0 Å². The summed E-state index contributed by atoms with van der Waals surface area (Å²) in [6.45, 7) is 1.32. The zero-order valence-electron chi connectivity index (χ0n) is 9.82. The Kier molecular flexibility index (Phi) is 5.64. The Morgan fingerprint density at radius 3 is 2.88 bits per heavy atom. The van der Waals surface area contributed by atoms with E-state index in [0.29, 0.717) is 19.5 Å². The maximum Gasteiger partial charge on any atom is 0.222 e. The van der Waals surface area contributed by atoms with Crippen LogP contribution in [0.3, 0.4) is 0 Å². The van der Waals surface area contributed by atoms with E-state index in [1.807, 2.05) is 13.1 Å². The number of hydrogen-bond donors (Lipinski definition) is 1. The lowest BCUT2D eigenvalue weighted by atomic mass is 10.2. The van der Waals surface area contributed by atoms with E-state index in [2.05, 4.69) is 0 Å². The minimum Gasteiger partial charge on any atom is -0.472 e. The van der Waals surface area contributed by atoms with Crippen molar-refractivity contribution >= 4 is 5.91 Å². The summed E-state index contributed by atoms with van der Waals surface area (Å²) in [6.07, 6.45) is 6.84. The standard InChI is InChI=1S/C12H20N2O2/c1-14(9-11-6-8-16-10-11)12(15)5-3-2-4-7-13/h6,8,10H,2-5,7,9,13H2,1H3. The van der Waals surface area contributed by atoms with Crippen molar-refractivity contribution in [2.45, 2.75) is 32.2 Å². The van der Waals surface area contributed by atoms with Crippen LogP contribution in [0, 0.1) is 0 Å². The summed E-state index contributed by atoms with van der Waals surface area (Å²) in [5.74, 6) is 0.179. The summed E-state index contributed by atoms with van der Waals surface area (Å²) >= 11 is 0. The molecule has 0 aromatic carbocycles. The molecule has 1 aromatic rings. The van der Waals surface area contributed by atoms with Crippen LogP contribution < -0.4 is 5.73 Å². The zero-order chi connectivity index (χ0) is 11.8. The molecule has 0 atom stereocenters. The van der Waals surface area contributed by atoms with Gasteiger partial charge in [0.25, 0.3) is 0 Å². The van der Waals surface area contributed by atoms with Gasteiger partial charge in [0.1, 0.15) is 0 Å². The van der Waals surface area contributed by atoms with Crippen LogP contribution in [0.2, 0.25) is 0 Å². The number of amides is 1. The van der Waals surface area contributed by atoms with Crippen LogP contribution in [-0.4, -0.2) is 24.4 Å². The van der Waals surface area contributed by atoms with Gasteiger partial charge in [0, 0.05) is 25.6 Å². The molecule has 2 N–H and O–H groups in total. The molecule has 0 aliphatic rings. The van der Waals surface area contributed by atoms with Crippen molar-refractivity contribution in [2.24, 2.45) is 5.73 Å². The van der Waals surface area contributed by atoms with Crippen molar-refractivity contribution in [1.29, 1.82) is 0 Å². The van der Waals surface area contributed by atoms with Crippen LogP contribution in [-0.2, 0) is 11.3 Å². The summed E-state index contributed by atoms with van der Waals surface area (Å²) in [7, 11) is 1.82. The van der Waals surface area contributed by atoms with E-state index in [9.17, 15) is 4.79 Å². The molecule has 1 amide bonds. The normalized spacial score (nSPS) is 10.4. The van der Waals surface area contributed by atoms with Crippen LogP contribution in [0.5, 0.6) is 0 Å². The molecule has 0 bridgehead atoms. The van der Waals surface area contributed by atoms with E-state index in [0.717, 1.165) is 24.8 Å². The largest absolute Gasteiger partial charge is 0.472 e. The van der Waals surface area contributed by atoms with Crippen LogP contribution in [0.15, 0.2) is 23.0 Å². The van der Waals surface area contributed by atoms with Gasteiger partial charge in [0.15, 0.2) is 0 Å². The SMILES string of the molecule is CN(Cc1ccoc1)C(=O)CCCCCN. The van der Waals surface area contributed by atoms with E-state index in [4.69, 9.17) is 10.2 Å². The average Bonchev–Trinajstić information content (AvgIpc) is 2.76. The van der Waals surface area contributed by atoms with Crippen molar-refractivity contribution in [3.8, 4) is 0 Å². The molecule has 1 aromatic heterocycles. The molecule has 16 heavy (non-hydrogen) atoms. The molecular formula is C12H20N2O2. The Balaban J connectivity index is 2.20. The first-order chi connectivity index (χ1) is 7.74. The molecule has 1 rings (SSSR count). The average molecular weight is 224 g/mol. The topological polar surface area (TPSA) is 59.5 Å². The fourth-order valence-corrected chi connectivity index (χ4v) is 1.53. The Morgan fingerprint density at radius 1 is 1.44 bits per heavy atom. The lowest BCUT2D eigenvalue weighted by Gasteiger charge is -2.15. The van der Waals surface area contributed by atoms with E-state index < -0.39 is 0 Å². The van der Waals surface area contributed by atoms with Crippen LogP contribution in [0.4, 0.5) is 0 Å². The summed E-state index contributed by atoms with van der Waals surface area (Å²) in [5.41, 5.74) is 6.42. The first kappa shape index (κ1) is 12.8. The van der Waals surface area contributed by atoms with E-state index in [1.54, 1.807) is 17.4 Å². The van der Waals surface area contributed by atoms with Crippen LogP contribution in [0.1, 0.15) is 31.2 Å². The first-order valence-electron chi connectivity index (χ1n) is 5.69. The summed E-state index contributed by atoms with van der Waals surface area (Å²) in [5, 5.41) is 0. The Bertz CT molecular complexity index is 296. The molecule has 0 fully saturated rings. The molecule has 0 aliphatic carbocycles. The number of unbranched alkanes of at least 4 members (excludes halogenated alkanes) is 2. The maximum atomic E-state index is 11.7. The number of nitrogens with zero attached hydrogens (tertiary/aromatic N) is 1. The van der Waals surface area contributed by atoms with Gasteiger partial charge in [-0.05, 0) is 25.5 Å². The highest BCUT2D eigenvalue weighted by atomic mass is 16.3. The predicted molar refractivity (Wildman–Crippen MR) is 62.7 cm³/mol. The van der Waals surface area contributed by atoms with Crippen LogP contribution in [0.25, 0.3) is 0 Å². The van der Waals surface area contributed by atoms with Crippen molar-refractivity contribution < 1.29 is 9.21 Å². The van der Waals surface area contributed by atoms with E-state index in [1.165, 1.54) is 0 Å². The Morgan fingerprint density at radius 2 is 2.25 bits per heavy atom. The summed E-state index contributed by atoms with van der Waals surface area (Å²) in [4.78, 5) is 13.4. The number of carbonyl (C=O) groups is 1. The highest BCUT2D eigenvalue weighted by Crippen LogP contribution is 2.07. The van der Waals surface area contributed by atoms with Gasteiger partial charge < -0.3 is 15.1 Å². The monoisotopic (exact) mass is 224 g/mol. The molecule has 0 saturated carbocycles. The maximum absolute atomic E-state index is 11.7. The molecule has 1 heterocycles. The van der Waals surface area contributed by atoms with Gasteiger partial charge in [-0.15, -0.1) is 0 Å². The summed E-state index contributed by atoms with van der Waals surface area (Å²) in [6, 6.07) is 1.87. The Hall–Kier alpha value is -1.29. The third-order valence-corrected chi connectivity index (χ3v) is 2.52. The predicted octanol–water partition coefficient (Wildman–Crippen LogP) is 1.76. The Labute approximate surface area is 96.4 Å². The third-order valence-electron chi connectivity index (χ3n) is 2.52. The molecular weight excluding hydrogens is 204 g/mol. The molecule has 0 unspecified atom stereocenters. The molecule has 0 spiro atoms. The fraction of sp³-hybridized carbons (Fsp3) is 0.583. The molecule has 0 radical (unpaired) electrons. The van der Waals surface area contributed by atoms with Crippen LogP contribution >= 0.6 is 0 Å². The second-order valence-electron chi connectivity index (χ2n) is 3.98. The van der Waals surface area contributed by atoms with Crippen molar-refractivity contribution in [3.63, 3.8) is 0 Å². The number of hydrogen-bond acceptors (Lipinski definition) is 3. The van der Waals surface area contributed by atoms with Gasteiger partial charge in [-0.25, -0.2) is 0 Å². The minimum absolute atomic E-state index is 0.179. The van der Waals surface area contributed by atoms with Gasteiger partial charge in [0.05, 0.1) is 12.5 Å². The smallest absolute Gasteiger partial charge is 0.222 e. The van der Waals surface area contributed by atoms with Gasteiger partial charge in [-0.3, -0.25) is 4.79 Å². The number of rotatable bonds is 7. The van der Waals surface area contributed by atoms with Crippen molar-refractivity contribution in [1.82, 2.24) is 4.90 Å². The number of carbonyl (C=O) groups excluding carboxylic acids is 1. The highest BCUT2D eigenvalue weighted by molar-refractivity contribution is 5.75. The van der Waals surface area contributed by atoms with E-state index >= 15 is 0 Å². The van der Waals surface area contributed by atoms with Crippen molar-refractivity contribution in [3.05, 3.63) is 24.2 Å². The lowest BCUT2D eigenvalue weighted by Crippen LogP contribution is -2.25. The minimum atomic E-state index is 0.179. The quantitative estimate of drug-likeness (QED) is 0.718. The molecule has 4 nitrogen and oxygen atoms in total. The second kappa shape index (κ2) is 7.06. The summed E-state index contributed by atoms with van der Waals surface area (Å²) < 4.78 is 4.96. The third kappa shape index (κ3) is 4.49. The van der Waals surface area contributed by atoms with E-state index in [-0.39, 0.29) is 5.91 Å². The highest BCUT2D eigenvalue weighted by Gasteiger charge is 2.08. The molecule has 90 valence electrons. The number of furan rings is 1. The second-order valence-corrected chi connectivity index (χ2v) is 3.98. The van der Waals surface area contributed by atoms with Gasteiger partial charge in [0.2, 0.25) is 5.91 Å². The lowest BCUT2D eigenvalue weighted by molar-refractivity contribution is -0.130. The van der Waals surface area contributed by atoms with Crippen molar-refractivity contribution in [2.75, 3.05) is 13.6 Å². The molecule has 0 aliphatic heterocycles. The fourth-order valence-electron chi connectivity index (χ4n) is 1.53. The molecule has 0 saturated heterocycles. The van der Waals surface area contributed by atoms with Gasteiger partial charge >= 0.3 is 0 Å².